The van der Waals surface area contributed by atoms with Gasteiger partial charge in [-0.3, -0.25) is 8.37 Å². The Morgan fingerprint density at radius 2 is 1.07 bits per heavy atom. The van der Waals surface area contributed by atoms with Crippen molar-refractivity contribution in [1.29, 1.82) is 0 Å². The second-order valence-electron chi connectivity index (χ2n) is 1.63. The van der Waals surface area contributed by atoms with Crippen LogP contribution in [0.4, 0.5) is 0 Å². The van der Waals surface area contributed by atoms with E-state index in [-0.39, 0.29) is 30.3 Å². The van der Waals surface area contributed by atoms with Gasteiger partial charge >= 0.3 is 17.1 Å². The first-order valence-corrected chi connectivity index (χ1v) is 5.99. The first-order valence-electron chi connectivity index (χ1n) is 3.32. The van der Waals surface area contributed by atoms with E-state index in [1.807, 2.05) is 0 Å². The van der Waals surface area contributed by atoms with Crippen molar-refractivity contribution in [1.82, 2.24) is 0 Å². The Balaban J connectivity index is -0.000000180. The van der Waals surface area contributed by atoms with E-state index in [4.69, 9.17) is 0 Å². The van der Waals surface area contributed by atoms with Gasteiger partial charge < -0.3 is 9.11 Å². The summed E-state index contributed by atoms with van der Waals surface area (Å²) in [7, 11) is -8.85. The van der Waals surface area contributed by atoms with Gasteiger partial charge in [0.1, 0.15) is 0 Å². The SMILES string of the molecule is CCOS(=O)(=O)[O-].CCOS(=O)(=O)[O-].[Cu+2]. The molecule has 0 atom stereocenters. The number of hydrogen-bond donors (Lipinski definition) is 0. The minimum absolute atomic E-state index is 0. The van der Waals surface area contributed by atoms with E-state index in [2.05, 4.69) is 8.37 Å². The first kappa shape index (κ1) is 20.6. The Hall–Kier alpha value is 0.259. The van der Waals surface area contributed by atoms with E-state index >= 15 is 0 Å². The summed E-state index contributed by atoms with van der Waals surface area (Å²) in [6, 6.07) is 0. The molecule has 0 saturated carbocycles. The van der Waals surface area contributed by atoms with E-state index in [1.165, 1.54) is 13.8 Å². The standard InChI is InChI=1S/2C2H6O4S.Cu/c2*1-2-6-7(3,4)5;/h2*2H2,1H3,(H,3,4,5);/q;;+2/p-2. The molecule has 0 amide bonds. The predicted molar refractivity (Wildman–Crippen MR) is 42.6 cm³/mol. The molecule has 0 rings (SSSR count). The summed E-state index contributed by atoms with van der Waals surface area (Å²) in [5.41, 5.74) is 0. The maximum atomic E-state index is 9.45. The molecule has 0 bridgehead atoms. The van der Waals surface area contributed by atoms with Crippen LogP contribution in [0.3, 0.4) is 0 Å². The predicted octanol–water partition coefficient (Wildman–Crippen LogP) is -1.04. The summed E-state index contributed by atoms with van der Waals surface area (Å²) in [5.74, 6) is 0. The Morgan fingerprint density at radius 3 is 1.07 bits per heavy atom. The fourth-order valence-electron chi connectivity index (χ4n) is 0.289. The van der Waals surface area contributed by atoms with Crippen molar-refractivity contribution in [3.63, 3.8) is 0 Å². The van der Waals surface area contributed by atoms with Crippen LogP contribution in [0.1, 0.15) is 13.8 Å². The molecule has 0 spiro atoms. The summed E-state index contributed by atoms with van der Waals surface area (Å²) in [4.78, 5) is 0. The van der Waals surface area contributed by atoms with E-state index < -0.39 is 20.8 Å². The van der Waals surface area contributed by atoms with E-state index in [0.717, 1.165) is 0 Å². The van der Waals surface area contributed by atoms with Gasteiger partial charge in [0, 0.05) is 0 Å². The van der Waals surface area contributed by atoms with Crippen LogP contribution in [0.15, 0.2) is 0 Å². The second-order valence-corrected chi connectivity index (χ2v) is 3.73. The summed E-state index contributed by atoms with van der Waals surface area (Å²) >= 11 is 0. The van der Waals surface area contributed by atoms with Crippen molar-refractivity contribution in [3.8, 4) is 0 Å². The Bertz CT molecular complexity index is 285. The molecule has 0 aliphatic heterocycles. The fraction of sp³-hybridized carbons (Fsp3) is 1.00. The third-order valence-corrected chi connectivity index (χ3v) is 1.57. The fourth-order valence-corrected chi connectivity index (χ4v) is 0.866. The normalized spacial score (nSPS) is 10.9. The summed E-state index contributed by atoms with van der Waals surface area (Å²) < 4.78 is 64.0. The van der Waals surface area contributed by atoms with Gasteiger partial charge in [0.25, 0.3) is 0 Å². The average molecular weight is 314 g/mol. The number of hydrogen-bond acceptors (Lipinski definition) is 8. The quantitative estimate of drug-likeness (QED) is 0.365. The van der Waals surface area contributed by atoms with E-state index in [1.54, 1.807) is 0 Å². The van der Waals surface area contributed by atoms with Crippen LogP contribution >= 0.6 is 0 Å². The summed E-state index contributed by atoms with van der Waals surface area (Å²) in [6.45, 7) is 2.67. The minimum atomic E-state index is -4.42. The molecule has 15 heavy (non-hydrogen) atoms. The van der Waals surface area contributed by atoms with Crippen molar-refractivity contribution in [2.24, 2.45) is 0 Å². The molecule has 11 heteroatoms. The van der Waals surface area contributed by atoms with Crippen molar-refractivity contribution in [3.05, 3.63) is 0 Å². The van der Waals surface area contributed by atoms with Gasteiger partial charge in [-0.25, -0.2) is 16.8 Å². The van der Waals surface area contributed by atoms with Crippen molar-refractivity contribution in [2.45, 2.75) is 13.8 Å². The smallest absolute Gasteiger partial charge is 0.726 e. The van der Waals surface area contributed by atoms with Gasteiger partial charge in [0.15, 0.2) is 0 Å². The van der Waals surface area contributed by atoms with E-state index in [9.17, 15) is 25.9 Å². The summed E-state index contributed by atoms with van der Waals surface area (Å²) in [5, 5.41) is 0. The maximum absolute atomic E-state index is 9.45. The molecule has 0 aliphatic carbocycles. The van der Waals surface area contributed by atoms with Crippen LogP contribution in [-0.2, 0) is 46.2 Å². The zero-order valence-corrected chi connectivity index (χ0v) is 10.4. The molecule has 0 aromatic heterocycles. The molecular formula is C4H10CuO8S2. The van der Waals surface area contributed by atoms with Gasteiger partial charge in [-0.2, -0.15) is 0 Å². The Morgan fingerprint density at radius 1 is 0.867 bits per heavy atom. The zero-order valence-electron chi connectivity index (χ0n) is 7.80. The monoisotopic (exact) mass is 313 g/mol. The molecule has 0 N–H and O–H groups in total. The zero-order chi connectivity index (χ0) is 11.8. The largest absolute Gasteiger partial charge is 2.00 e. The topological polar surface area (TPSA) is 133 Å². The van der Waals surface area contributed by atoms with Crippen LogP contribution in [0, 0.1) is 0 Å². The molecule has 0 saturated heterocycles. The van der Waals surface area contributed by atoms with Crippen molar-refractivity contribution in [2.75, 3.05) is 13.2 Å². The van der Waals surface area contributed by atoms with Gasteiger partial charge in [-0.15, -0.1) is 0 Å². The van der Waals surface area contributed by atoms with Crippen LogP contribution in [0.2, 0.25) is 0 Å². The van der Waals surface area contributed by atoms with E-state index in [0.29, 0.717) is 0 Å². The van der Waals surface area contributed by atoms with Gasteiger partial charge in [-0.05, 0) is 13.8 Å². The Kier molecular flexibility index (Phi) is 13.1. The van der Waals surface area contributed by atoms with Crippen LogP contribution in [0.25, 0.3) is 0 Å². The van der Waals surface area contributed by atoms with Gasteiger partial charge in [-0.1, -0.05) is 0 Å². The molecule has 0 aromatic carbocycles. The van der Waals surface area contributed by atoms with Gasteiger partial charge in [0.2, 0.25) is 20.8 Å². The molecule has 8 nitrogen and oxygen atoms in total. The molecule has 0 aromatic rings. The molecule has 0 unspecified atom stereocenters. The Labute approximate surface area is 99.3 Å². The molecule has 97 valence electrons. The maximum Gasteiger partial charge on any atom is 2.00 e. The minimum Gasteiger partial charge on any atom is -0.726 e. The van der Waals surface area contributed by atoms with Gasteiger partial charge in [0.05, 0.1) is 13.2 Å². The summed E-state index contributed by atoms with van der Waals surface area (Å²) in [6.07, 6.45) is 0. The molecule has 0 heterocycles. The molecule has 0 fully saturated rings. The molecule has 1 radical (unpaired) electrons. The molecular weight excluding hydrogens is 304 g/mol. The third kappa shape index (κ3) is 31.4. The average Bonchev–Trinajstić information content (AvgIpc) is 1.81. The van der Waals surface area contributed by atoms with Crippen LogP contribution < -0.4 is 0 Å². The van der Waals surface area contributed by atoms with Crippen molar-refractivity contribution >= 4 is 20.8 Å². The number of rotatable bonds is 4. The van der Waals surface area contributed by atoms with Crippen LogP contribution in [0.5, 0.6) is 0 Å². The van der Waals surface area contributed by atoms with Crippen molar-refractivity contribution < 1.29 is 51.4 Å². The second kappa shape index (κ2) is 9.48. The van der Waals surface area contributed by atoms with Crippen LogP contribution in [-0.4, -0.2) is 39.2 Å². The first-order chi connectivity index (χ1) is 6.12. The third-order valence-electron chi connectivity index (χ3n) is 0.524. The molecule has 0 aliphatic rings.